The van der Waals surface area contributed by atoms with Crippen molar-refractivity contribution in [1.82, 2.24) is 15.5 Å². The Morgan fingerprint density at radius 3 is 2.79 bits per heavy atom. The number of likely N-dealkylation sites (N-methyl/N-ethyl adjacent to an activating group) is 1. The first-order chi connectivity index (χ1) is 9.29. The molecular weight excluding hydrogens is 238 g/mol. The molecule has 2 aliphatic rings. The highest BCUT2D eigenvalue weighted by Gasteiger charge is 2.27. The number of rotatable bonds is 8. The molecule has 0 radical (unpaired) electrons. The Labute approximate surface area is 117 Å². The molecule has 4 heteroatoms. The zero-order valence-electron chi connectivity index (χ0n) is 12.3. The van der Waals surface area contributed by atoms with Crippen molar-refractivity contribution in [1.29, 1.82) is 0 Å². The number of nitrogens with one attached hydrogen (secondary N) is 2. The van der Waals surface area contributed by atoms with Crippen LogP contribution in [0, 0.1) is 0 Å². The van der Waals surface area contributed by atoms with Crippen LogP contribution in [0.25, 0.3) is 0 Å². The van der Waals surface area contributed by atoms with Gasteiger partial charge in [-0.05, 0) is 45.2 Å². The molecule has 0 aromatic carbocycles. The van der Waals surface area contributed by atoms with Crippen LogP contribution in [0.1, 0.15) is 51.9 Å². The molecule has 0 bridgehead atoms. The van der Waals surface area contributed by atoms with Gasteiger partial charge in [0.15, 0.2) is 0 Å². The maximum absolute atomic E-state index is 11.8. The van der Waals surface area contributed by atoms with E-state index in [1.54, 1.807) is 0 Å². The van der Waals surface area contributed by atoms with E-state index >= 15 is 0 Å². The Morgan fingerprint density at radius 1 is 1.32 bits per heavy atom. The van der Waals surface area contributed by atoms with Crippen LogP contribution in [0.4, 0.5) is 0 Å². The Balaban J connectivity index is 1.51. The Bertz CT molecular complexity index is 273. The standard InChI is InChI=1S/C15H29N3O/c1-2-18(14-7-8-14)12-11-17-15(19)9-6-13-5-3-4-10-16-13/h13-14,16H,2-12H2,1H3,(H,17,19). The van der Waals surface area contributed by atoms with Gasteiger partial charge in [-0.3, -0.25) is 9.69 Å². The maximum atomic E-state index is 11.8. The molecule has 1 saturated carbocycles. The Morgan fingerprint density at radius 2 is 2.16 bits per heavy atom. The third-order valence-electron chi connectivity index (χ3n) is 4.32. The summed E-state index contributed by atoms with van der Waals surface area (Å²) in [6.07, 6.45) is 8.19. The van der Waals surface area contributed by atoms with E-state index in [1.807, 2.05) is 0 Å². The van der Waals surface area contributed by atoms with Crippen molar-refractivity contribution in [2.45, 2.75) is 64.0 Å². The first-order valence-corrected chi connectivity index (χ1v) is 8.03. The topological polar surface area (TPSA) is 44.4 Å². The van der Waals surface area contributed by atoms with Gasteiger partial charge in [0.05, 0.1) is 0 Å². The van der Waals surface area contributed by atoms with Crippen LogP contribution in [-0.4, -0.2) is 49.1 Å². The average molecular weight is 267 g/mol. The zero-order chi connectivity index (χ0) is 13.5. The van der Waals surface area contributed by atoms with E-state index in [4.69, 9.17) is 0 Å². The van der Waals surface area contributed by atoms with E-state index in [2.05, 4.69) is 22.5 Å². The van der Waals surface area contributed by atoms with Crippen molar-refractivity contribution in [2.24, 2.45) is 0 Å². The van der Waals surface area contributed by atoms with Gasteiger partial charge in [-0.15, -0.1) is 0 Å². The van der Waals surface area contributed by atoms with Gasteiger partial charge in [-0.25, -0.2) is 0 Å². The summed E-state index contributed by atoms with van der Waals surface area (Å²) >= 11 is 0. The van der Waals surface area contributed by atoms with Crippen LogP contribution in [0.5, 0.6) is 0 Å². The van der Waals surface area contributed by atoms with Gasteiger partial charge in [0.2, 0.25) is 5.91 Å². The second-order valence-corrected chi connectivity index (χ2v) is 5.90. The molecule has 110 valence electrons. The summed E-state index contributed by atoms with van der Waals surface area (Å²) in [4.78, 5) is 14.3. The third kappa shape index (κ3) is 5.49. The number of hydrogen-bond donors (Lipinski definition) is 2. The van der Waals surface area contributed by atoms with Crippen LogP contribution in [-0.2, 0) is 4.79 Å². The molecule has 1 heterocycles. The molecule has 0 aromatic rings. The predicted octanol–water partition coefficient (Wildman–Crippen LogP) is 1.51. The lowest BCUT2D eigenvalue weighted by molar-refractivity contribution is -0.121. The lowest BCUT2D eigenvalue weighted by atomic mass is 10.0. The summed E-state index contributed by atoms with van der Waals surface area (Å²) in [7, 11) is 0. The van der Waals surface area contributed by atoms with Crippen LogP contribution < -0.4 is 10.6 Å². The molecule has 2 fully saturated rings. The van der Waals surface area contributed by atoms with E-state index in [9.17, 15) is 4.79 Å². The fourth-order valence-electron chi connectivity index (χ4n) is 2.94. The lowest BCUT2D eigenvalue weighted by Crippen LogP contribution is -2.38. The van der Waals surface area contributed by atoms with Crippen LogP contribution in [0.15, 0.2) is 0 Å². The van der Waals surface area contributed by atoms with E-state index in [-0.39, 0.29) is 5.91 Å². The first-order valence-electron chi connectivity index (χ1n) is 8.03. The second-order valence-electron chi connectivity index (χ2n) is 5.90. The monoisotopic (exact) mass is 267 g/mol. The maximum Gasteiger partial charge on any atom is 0.220 e. The van der Waals surface area contributed by atoms with E-state index < -0.39 is 0 Å². The van der Waals surface area contributed by atoms with Gasteiger partial charge in [0, 0.05) is 31.6 Å². The van der Waals surface area contributed by atoms with Crippen molar-refractivity contribution in [3.05, 3.63) is 0 Å². The summed E-state index contributed by atoms with van der Waals surface area (Å²) in [5, 5.41) is 6.55. The molecule has 1 aliphatic carbocycles. The third-order valence-corrected chi connectivity index (χ3v) is 4.32. The van der Waals surface area contributed by atoms with Gasteiger partial charge in [-0.2, -0.15) is 0 Å². The highest BCUT2D eigenvalue weighted by Crippen LogP contribution is 2.25. The fourth-order valence-corrected chi connectivity index (χ4v) is 2.94. The number of carbonyl (C=O) groups is 1. The quantitative estimate of drug-likeness (QED) is 0.700. The normalized spacial score (nSPS) is 23.6. The molecule has 1 saturated heterocycles. The van der Waals surface area contributed by atoms with E-state index in [1.165, 1.54) is 32.1 Å². The average Bonchev–Trinajstić information content (AvgIpc) is 3.27. The molecule has 0 spiro atoms. The Kier molecular flexibility index (Phi) is 6.11. The number of carbonyl (C=O) groups excluding carboxylic acids is 1. The molecular formula is C15H29N3O. The van der Waals surface area contributed by atoms with Crippen molar-refractivity contribution < 1.29 is 4.79 Å². The van der Waals surface area contributed by atoms with Gasteiger partial charge in [0.25, 0.3) is 0 Å². The highest BCUT2D eigenvalue weighted by molar-refractivity contribution is 5.75. The first kappa shape index (κ1) is 14.8. The molecule has 1 atom stereocenters. The van der Waals surface area contributed by atoms with Gasteiger partial charge < -0.3 is 10.6 Å². The van der Waals surface area contributed by atoms with Crippen molar-refractivity contribution in [2.75, 3.05) is 26.2 Å². The highest BCUT2D eigenvalue weighted by atomic mass is 16.1. The van der Waals surface area contributed by atoms with Gasteiger partial charge in [0.1, 0.15) is 0 Å². The minimum Gasteiger partial charge on any atom is -0.355 e. The molecule has 19 heavy (non-hydrogen) atoms. The van der Waals surface area contributed by atoms with E-state index in [0.29, 0.717) is 12.5 Å². The van der Waals surface area contributed by atoms with Gasteiger partial charge in [-0.1, -0.05) is 13.3 Å². The number of piperidine rings is 1. The molecule has 2 rings (SSSR count). The molecule has 4 nitrogen and oxygen atoms in total. The molecule has 0 aromatic heterocycles. The second kappa shape index (κ2) is 7.85. The summed E-state index contributed by atoms with van der Waals surface area (Å²) in [5.41, 5.74) is 0. The largest absolute Gasteiger partial charge is 0.355 e. The Hall–Kier alpha value is -0.610. The summed E-state index contributed by atoms with van der Waals surface area (Å²) < 4.78 is 0. The van der Waals surface area contributed by atoms with Crippen molar-refractivity contribution in [3.8, 4) is 0 Å². The predicted molar refractivity (Wildman–Crippen MR) is 78.2 cm³/mol. The molecule has 1 amide bonds. The van der Waals surface area contributed by atoms with E-state index in [0.717, 1.165) is 38.6 Å². The SMILES string of the molecule is CCN(CCNC(=O)CCC1CCCCN1)C1CC1. The molecule has 1 aliphatic heterocycles. The number of amides is 1. The lowest BCUT2D eigenvalue weighted by Gasteiger charge is -2.23. The van der Waals surface area contributed by atoms with Crippen molar-refractivity contribution in [3.63, 3.8) is 0 Å². The molecule has 2 N–H and O–H groups in total. The number of nitrogens with zero attached hydrogens (tertiary/aromatic N) is 1. The molecule has 1 unspecified atom stereocenters. The summed E-state index contributed by atoms with van der Waals surface area (Å²) in [6.45, 7) is 6.25. The van der Waals surface area contributed by atoms with Crippen LogP contribution in [0.3, 0.4) is 0 Å². The van der Waals surface area contributed by atoms with Crippen LogP contribution >= 0.6 is 0 Å². The minimum atomic E-state index is 0.222. The smallest absolute Gasteiger partial charge is 0.220 e. The fraction of sp³-hybridized carbons (Fsp3) is 0.933. The van der Waals surface area contributed by atoms with Crippen LogP contribution in [0.2, 0.25) is 0 Å². The van der Waals surface area contributed by atoms with Crippen molar-refractivity contribution >= 4 is 5.91 Å². The minimum absolute atomic E-state index is 0.222. The van der Waals surface area contributed by atoms with Gasteiger partial charge >= 0.3 is 0 Å². The summed E-state index contributed by atoms with van der Waals surface area (Å²) in [6, 6.07) is 1.37. The zero-order valence-corrected chi connectivity index (χ0v) is 12.3. The summed E-state index contributed by atoms with van der Waals surface area (Å²) in [5.74, 6) is 0.222. The number of hydrogen-bond acceptors (Lipinski definition) is 3.